The van der Waals surface area contributed by atoms with E-state index < -0.39 is 12.1 Å². The van der Waals surface area contributed by atoms with Gasteiger partial charge in [-0.3, -0.25) is 0 Å². The van der Waals surface area contributed by atoms with E-state index in [0.717, 1.165) is 23.1 Å². The van der Waals surface area contributed by atoms with Crippen molar-refractivity contribution in [3.63, 3.8) is 0 Å². The van der Waals surface area contributed by atoms with Gasteiger partial charge in [-0.2, -0.15) is 0 Å². The van der Waals surface area contributed by atoms with Crippen LogP contribution in [0.1, 0.15) is 53.4 Å². The molecule has 0 amide bonds. The maximum atomic E-state index is 12.5. The highest BCUT2D eigenvalue weighted by molar-refractivity contribution is 5.94. The number of rotatable bonds is 6. The highest BCUT2D eigenvalue weighted by Gasteiger charge is 2.32. The first kappa shape index (κ1) is 19.4. The Bertz CT molecular complexity index is 788. The first-order valence-electron chi connectivity index (χ1n) is 9.36. The van der Waals surface area contributed by atoms with Gasteiger partial charge in [0, 0.05) is 12.1 Å². The molecule has 2 atom stereocenters. The van der Waals surface area contributed by atoms with Crippen LogP contribution in [0.25, 0.3) is 0 Å². The minimum Gasteiger partial charge on any atom is -0.488 e. The number of methoxy groups -OCH3 is 1. The number of ether oxygens (including phenoxy) is 2. The summed E-state index contributed by atoms with van der Waals surface area (Å²) in [4.78, 5) is 12.5. The number of hydrogen-bond acceptors (Lipinski definition) is 5. The fourth-order valence-electron chi connectivity index (χ4n) is 3.65. The standard InChI is InChI=1S/C22H27NO4/c1-14(2)23-18-11-9-16-17(21(18)24)10-12-19(20(16)22(25)26-3)27-13-15-7-5-4-6-8-15/h4-8,10,12,14,18,21,23-24H,9,11,13H2,1-3H3/t18-,21-/m1/s1. The summed E-state index contributed by atoms with van der Waals surface area (Å²) >= 11 is 0. The number of carbonyl (C=O) groups excluding carboxylic acids is 1. The van der Waals surface area contributed by atoms with Crippen molar-refractivity contribution in [1.82, 2.24) is 5.32 Å². The van der Waals surface area contributed by atoms with E-state index in [1.807, 2.05) is 36.4 Å². The Labute approximate surface area is 160 Å². The highest BCUT2D eigenvalue weighted by Crippen LogP contribution is 2.37. The summed E-state index contributed by atoms with van der Waals surface area (Å²) in [6, 6.07) is 13.7. The van der Waals surface area contributed by atoms with E-state index in [2.05, 4.69) is 19.2 Å². The van der Waals surface area contributed by atoms with Gasteiger partial charge in [0.2, 0.25) is 0 Å². The molecular formula is C22H27NO4. The second-order valence-electron chi connectivity index (χ2n) is 7.18. The number of aliphatic hydroxyl groups excluding tert-OH is 1. The van der Waals surface area contributed by atoms with Crippen molar-refractivity contribution in [2.75, 3.05) is 7.11 Å². The van der Waals surface area contributed by atoms with Crippen LogP contribution >= 0.6 is 0 Å². The van der Waals surface area contributed by atoms with Crippen LogP contribution in [0.2, 0.25) is 0 Å². The van der Waals surface area contributed by atoms with Crippen LogP contribution in [-0.4, -0.2) is 30.3 Å². The van der Waals surface area contributed by atoms with Crippen LogP contribution in [-0.2, 0) is 17.8 Å². The normalized spacial score (nSPS) is 18.9. The van der Waals surface area contributed by atoms with E-state index in [1.54, 1.807) is 6.07 Å². The molecule has 0 saturated carbocycles. The average Bonchev–Trinajstić information content (AvgIpc) is 2.68. The zero-order chi connectivity index (χ0) is 19.4. The van der Waals surface area contributed by atoms with Crippen molar-refractivity contribution < 1.29 is 19.4 Å². The molecule has 0 radical (unpaired) electrons. The van der Waals surface area contributed by atoms with Crippen molar-refractivity contribution in [2.45, 2.75) is 51.5 Å². The van der Waals surface area contributed by atoms with Crippen LogP contribution in [0.4, 0.5) is 0 Å². The summed E-state index contributed by atoms with van der Waals surface area (Å²) in [5.74, 6) is 0.0595. The third-order valence-corrected chi connectivity index (χ3v) is 4.89. The molecule has 5 heteroatoms. The first-order valence-corrected chi connectivity index (χ1v) is 9.36. The number of esters is 1. The minimum absolute atomic E-state index is 0.0286. The second-order valence-corrected chi connectivity index (χ2v) is 7.18. The third kappa shape index (κ3) is 4.31. The molecule has 0 aliphatic heterocycles. The van der Waals surface area contributed by atoms with E-state index in [4.69, 9.17) is 9.47 Å². The first-order chi connectivity index (χ1) is 13.0. The van der Waals surface area contributed by atoms with Gasteiger partial charge in [0.05, 0.1) is 13.2 Å². The Balaban J connectivity index is 1.91. The molecule has 0 bridgehead atoms. The Morgan fingerprint density at radius 2 is 1.96 bits per heavy atom. The number of aliphatic hydroxyl groups is 1. The van der Waals surface area contributed by atoms with Crippen LogP contribution in [0.5, 0.6) is 5.75 Å². The van der Waals surface area contributed by atoms with Gasteiger partial charge in [-0.1, -0.05) is 50.2 Å². The number of nitrogens with one attached hydrogen (secondary N) is 1. The summed E-state index contributed by atoms with van der Waals surface area (Å²) in [5, 5.41) is 14.2. The van der Waals surface area contributed by atoms with E-state index in [-0.39, 0.29) is 12.1 Å². The summed E-state index contributed by atoms with van der Waals surface area (Å²) in [6.07, 6.45) is 0.769. The molecule has 0 aromatic heterocycles. The number of hydrogen-bond donors (Lipinski definition) is 2. The SMILES string of the molecule is COC(=O)c1c(OCc2ccccc2)ccc2c1CC[C@@H](NC(C)C)[C@@H]2O. The van der Waals surface area contributed by atoms with Crippen molar-refractivity contribution in [2.24, 2.45) is 0 Å². The van der Waals surface area contributed by atoms with Crippen LogP contribution in [0.15, 0.2) is 42.5 Å². The second kappa shape index (κ2) is 8.55. The molecule has 2 aromatic rings. The lowest BCUT2D eigenvalue weighted by atomic mass is 9.82. The Morgan fingerprint density at radius 1 is 1.22 bits per heavy atom. The molecule has 27 heavy (non-hydrogen) atoms. The molecular weight excluding hydrogens is 342 g/mol. The Hall–Kier alpha value is -2.37. The molecule has 2 N–H and O–H groups in total. The average molecular weight is 369 g/mol. The van der Waals surface area contributed by atoms with Gasteiger partial charge >= 0.3 is 5.97 Å². The highest BCUT2D eigenvalue weighted by atomic mass is 16.5. The van der Waals surface area contributed by atoms with Crippen LogP contribution < -0.4 is 10.1 Å². The zero-order valence-electron chi connectivity index (χ0n) is 16.1. The molecule has 3 rings (SSSR count). The lowest BCUT2D eigenvalue weighted by molar-refractivity contribution is 0.0590. The van der Waals surface area contributed by atoms with Gasteiger partial charge in [-0.15, -0.1) is 0 Å². The molecule has 2 aromatic carbocycles. The summed E-state index contributed by atoms with van der Waals surface area (Å²) < 4.78 is 10.9. The van der Waals surface area contributed by atoms with Gasteiger partial charge in [-0.25, -0.2) is 4.79 Å². The van der Waals surface area contributed by atoms with Crippen LogP contribution in [0, 0.1) is 0 Å². The maximum absolute atomic E-state index is 12.5. The third-order valence-electron chi connectivity index (χ3n) is 4.89. The van der Waals surface area contributed by atoms with Gasteiger partial charge < -0.3 is 19.9 Å². The van der Waals surface area contributed by atoms with E-state index in [0.29, 0.717) is 24.3 Å². The molecule has 5 nitrogen and oxygen atoms in total. The molecule has 1 aliphatic rings. The van der Waals surface area contributed by atoms with Gasteiger partial charge in [0.25, 0.3) is 0 Å². The molecule has 0 fully saturated rings. The number of carbonyl (C=O) groups is 1. The molecule has 144 valence electrons. The van der Waals surface area contributed by atoms with Gasteiger partial charge in [-0.05, 0) is 35.6 Å². The quantitative estimate of drug-likeness (QED) is 0.764. The molecule has 0 spiro atoms. The monoisotopic (exact) mass is 369 g/mol. The fourth-order valence-corrected chi connectivity index (χ4v) is 3.65. The summed E-state index contributed by atoms with van der Waals surface area (Å²) in [5.41, 5.74) is 3.04. The maximum Gasteiger partial charge on any atom is 0.341 e. The van der Waals surface area contributed by atoms with Crippen molar-refractivity contribution in [1.29, 1.82) is 0 Å². The smallest absolute Gasteiger partial charge is 0.341 e. The molecule has 1 aliphatic carbocycles. The topological polar surface area (TPSA) is 67.8 Å². The van der Waals surface area contributed by atoms with Crippen LogP contribution in [0.3, 0.4) is 0 Å². The van der Waals surface area contributed by atoms with E-state index in [9.17, 15) is 9.90 Å². The minimum atomic E-state index is -0.664. The number of fused-ring (bicyclic) bond motifs is 1. The van der Waals surface area contributed by atoms with E-state index in [1.165, 1.54) is 7.11 Å². The molecule has 0 saturated heterocycles. The number of benzene rings is 2. The van der Waals surface area contributed by atoms with Gasteiger partial charge in [0.1, 0.15) is 17.9 Å². The summed E-state index contributed by atoms with van der Waals surface area (Å²) in [7, 11) is 1.37. The largest absolute Gasteiger partial charge is 0.488 e. The molecule has 0 heterocycles. The van der Waals surface area contributed by atoms with Gasteiger partial charge in [0.15, 0.2) is 0 Å². The van der Waals surface area contributed by atoms with Crippen molar-refractivity contribution in [3.05, 3.63) is 64.7 Å². The predicted octanol–water partition coefficient (Wildman–Crippen LogP) is 3.40. The Kier molecular flexibility index (Phi) is 6.14. The lowest BCUT2D eigenvalue weighted by Crippen LogP contribution is -2.42. The Morgan fingerprint density at radius 3 is 2.63 bits per heavy atom. The van der Waals surface area contributed by atoms with Crippen molar-refractivity contribution in [3.8, 4) is 5.75 Å². The zero-order valence-corrected chi connectivity index (χ0v) is 16.1. The van der Waals surface area contributed by atoms with Crippen molar-refractivity contribution >= 4 is 5.97 Å². The fraction of sp³-hybridized carbons (Fsp3) is 0.409. The summed E-state index contributed by atoms with van der Waals surface area (Å²) in [6.45, 7) is 4.48. The lowest BCUT2D eigenvalue weighted by Gasteiger charge is -2.33. The van der Waals surface area contributed by atoms with E-state index >= 15 is 0 Å². The molecule has 0 unspecified atom stereocenters. The predicted molar refractivity (Wildman–Crippen MR) is 104 cm³/mol.